The zero-order valence-electron chi connectivity index (χ0n) is 14.8. The molecule has 3 N–H and O–H groups in total. The Labute approximate surface area is 155 Å². The maximum Gasteiger partial charge on any atom is 0.267 e. The van der Waals surface area contributed by atoms with Crippen LogP contribution in [0.4, 0.5) is 5.82 Å². The molecular weight excluding hydrogens is 346 g/mol. The van der Waals surface area contributed by atoms with Gasteiger partial charge in [-0.05, 0) is 12.1 Å². The molecule has 3 aromatic heterocycles. The lowest BCUT2D eigenvalue weighted by molar-refractivity contribution is 0.0995. The van der Waals surface area contributed by atoms with Gasteiger partial charge in [-0.25, -0.2) is 9.97 Å². The topological polar surface area (TPSA) is 119 Å². The number of nitrogens with two attached hydrogens (primary N) is 1. The molecule has 1 fully saturated rings. The zero-order chi connectivity index (χ0) is 18.8. The van der Waals surface area contributed by atoms with E-state index in [4.69, 9.17) is 15.5 Å². The monoisotopic (exact) mass is 365 g/mol. The quantitative estimate of drug-likeness (QED) is 0.690. The SMILES string of the molecule is COc1cncc2nc(-c3ccnc(C(N)=O)c3)nc(N3CCNCC3)c12. The van der Waals surface area contributed by atoms with Crippen molar-refractivity contribution in [3.05, 3.63) is 36.4 Å². The Hall–Kier alpha value is -3.33. The van der Waals surface area contributed by atoms with E-state index in [1.807, 2.05) is 0 Å². The molecule has 0 saturated carbocycles. The second-order valence-corrected chi connectivity index (χ2v) is 6.14. The number of pyridine rings is 2. The van der Waals surface area contributed by atoms with Crippen LogP contribution in [-0.4, -0.2) is 59.1 Å². The summed E-state index contributed by atoms with van der Waals surface area (Å²) >= 11 is 0. The Morgan fingerprint density at radius 3 is 2.81 bits per heavy atom. The number of carbonyl (C=O) groups is 1. The Morgan fingerprint density at radius 1 is 1.26 bits per heavy atom. The van der Waals surface area contributed by atoms with E-state index in [9.17, 15) is 4.79 Å². The number of carbonyl (C=O) groups excluding carboxylic acids is 1. The van der Waals surface area contributed by atoms with Gasteiger partial charge in [0, 0.05) is 37.9 Å². The molecular formula is C18H19N7O2. The van der Waals surface area contributed by atoms with Crippen LogP contribution >= 0.6 is 0 Å². The largest absolute Gasteiger partial charge is 0.494 e. The standard InChI is InChI=1S/C18H19N7O2/c1-27-14-10-21-9-13-15(14)18(25-6-4-20-5-7-25)24-17(23-13)11-2-3-22-12(8-11)16(19)26/h2-3,8-10,20H,4-7H2,1H3,(H2,19,26). The van der Waals surface area contributed by atoms with Gasteiger partial charge >= 0.3 is 0 Å². The fourth-order valence-corrected chi connectivity index (χ4v) is 3.13. The summed E-state index contributed by atoms with van der Waals surface area (Å²) in [6, 6.07) is 3.35. The summed E-state index contributed by atoms with van der Waals surface area (Å²) in [5, 5.41) is 4.16. The highest BCUT2D eigenvalue weighted by Crippen LogP contribution is 2.33. The minimum absolute atomic E-state index is 0.170. The number of hydrogen-bond donors (Lipinski definition) is 2. The molecule has 27 heavy (non-hydrogen) atoms. The van der Waals surface area contributed by atoms with E-state index >= 15 is 0 Å². The molecule has 4 heterocycles. The van der Waals surface area contributed by atoms with E-state index in [1.54, 1.807) is 31.6 Å². The lowest BCUT2D eigenvalue weighted by Crippen LogP contribution is -2.44. The van der Waals surface area contributed by atoms with Crippen LogP contribution in [0.2, 0.25) is 0 Å². The molecule has 9 nitrogen and oxygen atoms in total. The molecule has 0 unspecified atom stereocenters. The number of nitrogens with one attached hydrogen (secondary N) is 1. The molecule has 1 saturated heterocycles. The van der Waals surface area contributed by atoms with Crippen LogP contribution in [0.5, 0.6) is 5.75 Å². The summed E-state index contributed by atoms with van der Waals surface area (Å²) in [6.07, 6.45) is 4.87. The van der Waals surface area contributed by atoms with Gasteiger partial charge in [0.15, 0.2) is 5.82 Å². The van der Waals surface area contributed by atoms with Crippen molar-refractivity contribution < 1.29 is 9.53 Å². The predicted molar refractivity (Wildman–Crippen MR) is 101 cm³/mol. The first-order chi connectivity index (χ1) is 13.2. The van der Waals surface area contributed by atoms with Crippen molar-refractivity contribution in [1.29, 1.82) is 0 Å². The number of rotatable bonds is 4. The van der Waals surface area contributed by atoms with Gasteiger partial charge in [0.1, 0.15) is 17.3 Å². The van der Waals surface area contributed by atoms with Gasteiger partial charge in [-0.3, -0.25) is 14.8 Å². The number of amides is 1. The minimum Gasteiger partial charge on any atom is -0.494 e. The van der Waals surface area contributed by atoms with Crippen molar-refractivity contribution in [2.75, 3.05) is 38.2 Å². The molecule has 0 radical (unpaired) electrons. The van der Waals surface area contributed by atoms with Gasteiger partial charge < -0.3 is 20.7 Å². The maximum atomic E-state index is 11.5. The van der Waals surface area contributed by atoms with Crippen LogP contribution in [0.25, 0.3) is 22.3 Å². The van der Waals surface area contributed by atoms with Gasteiger partial charge in [-0.15, -0.1) is 0 Å². The lowest BCUT2D eigenvalue weighted by Gasteiger charge is -2.29. The van der Waals surface area contributed by atoms with Gasteiger partial charge in [0.25, 0.3) is 5.91 Å². The fourth-order valence-electron chi connectivity index (χ4n) is 3.13. The normalized spacial score (nSPS) is 14.3. The third kappa shape index (κ3) is 3.24. The summed E-state index contributed by atoms with van der Waals surface area (Å²) in [6.45, 7) is 3.38. The molecule has 4 rings (SSSR count). The average molecular weight is 365 g/mol. The summed E-state index contributed by atoms with van der Waals surface area (Å²) < 4.78 is 5.50. The summed E-state index contributed by atoms with van der Waals surface area (Å²) in [7, 11) is 1.61. The number of methoxy groups -OCH3 is 1. The molecule has 9 heteroatoms. The van der Waals surface area contributed by atoms with Crippen molar-refractivity contribution >= 4 is 22.6 Å². The van der Waals surface area contributed by atoms with Crippen LogP contribution < -0.4 is 20.7 Å². The molecule has 1 aliphatic heterocycles. The van der Waals surface area contributed by atoms with Gasteiger partial charge in [0.05, 0.1) is 30.4 Å². The van der Waals surface area contributed by atoms with Crippen LogP contribution in [-0.2, 0) is 0 Å². The third-order valence-corrected chi connectivity index (χ3v) is 4.46. The number of primary amides is 1. The van der Waals surface area contributed by atoms with Gasteiger partial charge in [0.2, 0.25) is 0 Å². The van der Waals surface area contributed by atoms with E-state index in [2.05, 4.69) is 25.2 Å². The summed E-state index contributed by atoms with van der Waals surface area (Å²) in [5.74, 6) is 1.30. The number of anilines is 1. The third-order valence-electron chi connectivity index (χ3n) is 4.46. The second-order valence-electron chi connectivity index (χ2n) is 6.14. The first kappa shape index (κ1) is 17.1. The summed E-state index contributed by atoms with van der Waals surface area (Å²) in [5.41, 5.74) is 6.86. The van der Waals surface area contributed by atoms with Crippen molar-refractivity contribution in [2.24, 2.45) is 5.73 Å². The highest BCUT2D eigenvalue weighted by molar-refractivity contribution is 5.96. The molecule has 138 valence electrons. The number of ether oxygens (including phenoxy) is 1. The number of hydrogen-bond acceptors (Lipinski definition) is 8. The first-order valence-corrected chi connectivity index (χ1v) is 8.59. The fraction of sp³-hybridized carbons (Fsp3) is 0.278. The number of fused-ring (bicyclic) bond motifs is 1. The number of aromatic nitrogens is 4. The molecule has 0 aliphatic carbocycles. The molecule has 3 aromatic rings. The smallest absolute Gasteiger partial charge is 0.267 e. The van der Waals surface area contributed by atoms with Crippen LogP contribution in [0, 0.1) is 0 Å². The van der Waals surface area contributed by atoms with Crippen LogP contribution in [0.3, 0.4) is 0 Å². The molecule has 0 bridgehead atoms. The van der Waals surface area contributed by atoms with Gasteiger partial charge in [-0.2, -0.15) is 0 Å². The summed E-state index contributed by atoms with van der Waals surface area (Å²) in [4.78, 5) is 31.3. The second kappa shape index (κ2) is 7.12. The van der Waals surface area contributed by atoms with Crippen molar-refractivity contribution in [3.63, 3.8) is 0 Å². The molecule has 1 amide bonds. The van der Waals surface area contributed by atoms with Gasteiger partial charge in [-0.1, -0.05) is 0 Å². The van der Waals surface area contributed by atoms with Crippen molar-refractivity contribution in [2.45, 2.75) is 0 Å². The lowest BCUT2D eigenvalue weighted by atomic mass is 10.1. The van der Waals surface area contributed by atoms with E-state index in [1.165, 1.54) is 6.20 Å². The van der Waals surface area contributed by atoms with Crippen molar-refractivity contribution in [1.82, 2.24) is 25.3 Å². The van der Waals surface area contributed by atoms with Crippen LogP contribution in [0.15, 0.2) is 30.7 Å². The predicted octanol–water partition coefficient (Wildman–Crippen LogP) is 0.604. The number of piperazine rings is 1. The zero-order valence-corrected chi connectivity index (χ0v) is 14.8. The highest BCUT2D eigenvalue weighted by Gasteiger charge is 2.21. The Bertz CT molecular complexity index is 1000. The van der Waals surface area contributed by atoms with E-state index < -0.39 is 5.91 Å². The molecule has 0 spiro atoms. The Kier molecular flexibility index (Phi) is 4.51. The minimum atomic E-state index is -0.594. The van der Waals surface area contributed by atoms with Crippen LogP contribution in [0.1, 0.15) is 10.5 Å². The van der Waals surface area contributed by atoms with Crippen molar-refractivity contribution in [3.8, 4) is 17.1 Å². The Morgan fingerprint density at radius 2 is 2.07 bits per heavy atom. The maximum absolute atomic E-state index is 11.5. The molecule has 0 atom stereocenters. The number of nitrogens with zero attached hydrogens (tertiary/aromatic N) is 5. The molecule has 1 aliphatic rings. The molecule has 0 aromatic carbocycles. The first-order valence-electron chi connectivity index (χ1n) is 8.59. The Balaban J connectivity index is 1.92. The van der Waals surface area contributed by atoms with E-state index in [0.29, 0.717) is 22.7 Å². The van der Waals surface area contributed by atoms with E-state index in [0.717, 1.165) is 37.4 Å². The highest BCUT2D eigenvalue weighted by atomic mass is 16.5. The van der Waals surface area contributed by atoms with E-state index in [-0.39, 0.29) is 5.69 Å². The average Bonchev–Trinajstić information content (AvgIpc) is 2.73.